The van der Waals surface area contributed by atoms with Gasteiger partial charge in [-0.3, -0.25) is 4.79 Å². The summed E-state index contributed by atoms with van der Waals surface area (Å²) in [7, 11) is 0. The first-order valence-electron chi connectivity index (χ1n) is 8.49. The summed E-state index contributed by atoms with van der Waals surface area (Å²) in [4.78, 5) is 22.7. The van der Waals surface area contributed by atoms with Crippen LogP contribution in [0, 0.1) is 11.8 Å². The number of hydrogen-bond donors (Lipinski definition) is 0. The molecule has 4 heteroatoms. The van der Waals surface area contributed by atoms with Gasteiger partial charge >= 0.3 is 5.91 Å². The normalized spacial score (nSPS) is 11.0. The molecule has 0 radical (unpaired) electrons. The summed E-state index contributed by atoms with van der Waals surface area (Å²) in [6, 6.07) is 20.1. The third-order valence-electron chi connectivity index (χ3n) is 4.37. The molecule has 0 unspecified atom stereocenters. The average molecular weight is 344 g/mol. The Balaban J connectivity index is 1.95. The highest BCUT2D eigenvalue weighted by Gasteiger charge is 2.17. The van der Waals surface area contributed by atoms with Crippen LogP contribution < -0.4 is 0 Å². The highest BCUT2D eigenvalue weighted by atomic mass is 16.3. The van der Waals surface area contributed by atoms with Crippen molar-refractivity contribution in [3.63, 3.8) is 0 Å². The number of carbonyl (C=O) groups excluding carboxylic acids is 1. The van der Waals surface area contributed by atoms with E-state index in [-0.39, 0.29) is 0 Å². The van der Waals surface area contributed by atoms with Crippen molar-refractivity contribution in [2.75, 3.05) is 0 Å². The van der Waals surface area contributed by atoms with Gasteiger partial charge in [0.1, 0.15) is 5.69 Å². The van der Waals surface area contributed by atoms with Crippen molar-refractivity contribution < 1.29 is 4.79 Å². The van der Waals surface area contributed by atoms with Crippen LogP contribution in [0.25, 0.3) is 17.2 Å². The minimum atomic E-state index is -0.746. The molecule has 0 fully saturated rings. The number of aryl methyl sites for hydroxylation is 1. The van der Waals surface area contributed by atoms with Gasteiger partial charge in [-0.1, -0.05) is 60.7 Å². The Morgan fingerprint density at radius 3 is 2.31 bits per heavy atom. The van der Waals surface area contributed by atoms with Gasteiger partial charge in [0.2, 0.25) is 0 Å². The van der Waals surface area contributed by atoms with Gasteiger partial charge in [0.05, 0.1) is 0 Å². The predicted octanol–water partition coefficient (Wildman–Crippen LogP) is 5.45. The van der Waals surface area contributed by atoms with E-state index >= 15 is 0 Å². The van der Waals surface area contributed by atoms with Crippen molar-refractivity contribution >= 4 is 12.0 Å². The van der Waals surface area contributed by atoms with Gasteiger partial charge in [-0.05, 0) is 48.2 Å². The lowest BCUT2D eigenvalue weighted by Gasteiger charge is -2.11. The van der Waals surface area contributed by atoms with Crippen LogP contribution in [0.4, 0.5) is 0 Å². The van der Waals surface area contributed by atoms with Crippen LogP contribution in [0.3, 0.4) is 0 Å². The van der Waals surface area contributed by atoms with E-state index in [0.717, 1.165) is 27.9 Å². The molecular weight excluding hydrogens is 324 g/mol. The van der Waals surface area contributed by atoms with E-state index in [1.165, 1.54) is 0 Å². The second-order valence-electron chi connectivity index (χ2n) is 6.14. The zero-order valence-electron chi connectivity index (χ0n) is 14.8. The monoisotopic (exact) mass is 344 g/mol. The number of benzene rings is 2. The number of nitroso groups, excluding NO2 is 1. The Labute approximate surface area is 152 Å². The van der Waals surface area contributed by atoms with E-state index in [9.17, 15) is 9.70 Å². The molecule has 0 bridgehead atoms. The summed E-state index contributed by atoms with van der Waals surface area (Å²) < 4.78 is 1.84. The quantitative estimate of drug-likeness (QED) is 0.578. The average Bonchev–Trinajstić information content (AvgIpc) is 2.98. The number of aromatic nitrogens is 1. The Morgan fingerprint density at radius 2 is 1.69 bits per heavy atom. The fraction of sp³-hybridized carbons (Fsp3) is 0.136. The first-order valence-corrected chi connectivity index (χ1v) is 8.49. The van der Waals surface area contributed by atoms with Crippen molar-refractivity contribution in [1.29, 1.82) is 0 Å². The third kappa shape index (κ3) is 3.54. The predicted molar refractivity (Wildman–Crippen MR) is 105 cm³/mol. The number of nitrogens with zero attached hydrogens (tertiary/aromatic N) is 2. The molecule has 0 aliphatic rings. The second-order valence-corrected chi connectivity index (χ2v) is 6.14. The number of amides is 1. The Kier molecular flexibility index (Phi) is 5.23. The first-order chi connectivity index (χ1) is 12.6. The molecule has 0 saturated heterocycles. The van der Waals surface area contributed by atoms with E-state index < -0.39 is 5.91 Å². The number of carbonyl (C=O) groups is 1. The maximum absolute atomic E-state index is 11.9. The standard InChI is InChI=1S/C22H20N2O2/c1-3-7-20-16(2)14-21(22(25)23-26)24(20)15-17-10-12-19(13-11-17)18-8-5-4-6-9-18/h3-14H,15H2,1-2H3/b7-3-. The molecule has 1 amide bonds. The van der Waals surface area contributed by atoms with Crippen LogP contribution in [-0.4, -0.2) is 10.5 Å². The fourth-order valence-corrected chi connectivity index (χ4v) is 3.09. The topological polar surface area (TPSA) is 51.4 Å². The van der Waals surface area contributed by atoms with Crippen LogP contribution in [-0.2, 0) is 6.54 Å². The summed E-state index contributed by atoms with van der Waals surface area (Å²) in [5.74, 6) is -0.746. The van der Waals surface area contributed by atoms with Crippen LogP contribution >= 0.6 is 0 Å². The molecule has 2 aromatic carbocycles. The molecule has 0 aliphatic heterocycles. The van der Waals surface area contributed by atoms with Crippen LogP contribution in [0.1, 0.15) is 34.2 Å². The van der Waals surface area contributed by atoms with Gasteiger partial charge < -0.3 is 4.57 Å². The number of rotatable bonds is 5. The molecule has 3 aromatic rings. The molecule has 3 rings (SSSR count). The maximum atomic E-state index is 11.9. The van der Waals surface area contributed by atoms with E-state index in [1.54, 1.807) is 6.07 Å². The lowest BCUT2D eigenvalue weighted by atomic mass is 10.0. The van der Waals surface area contributed by atoms with E-state index in [2.05, 4.69) is 29.4 Å². The van der Waals surface area contributed by atoms with Crippen molar-refractivity contribution in [3.05, 3.63) is 94.2 Å². The molecule has 0 N–H and O–H groups in total. The zero-order chi connectivity index (χ0) is 18.5. The highest BCUT2D eigenvalue weighted by molar-refractivity contribution is 5.94. The second kappa shape index (κ2) is 7.74. The van der Waals surface area contributed by atoms with E-state index in [4.69, 9.17) is 0 Å². The molecule has 0 saturated carbocycles. The maximum Gasteiger partial charge on any atom is 0.333 e. The summed E-state index contributed by atoms with van der Waals surface area (Å²) in [6.45, 7) is 4.34. The molecular formula is C22H20N2O2. The van der Waals surface area contributed by atoms with Gasteiger partial charge in [0, 0.05) is 17.4 Å². The fourth-order valence-electron chi connectivity index (χ4n) is 3.09. The van der Waals surface area contributed by atoms with Gasteiger partial charge in [-0.25, -0.2) is 0 Å². The molecule has 26 heavy (non-hydrogen) atoms. The van der Waals surface area contributed by atoms with Crippen LogP contribution in [0.5, 0.6) is 0 Å². The SMILES string of the molecule is C/C=C\c1c(C)cc(C(=O)N=O)n1Cc1ccc(-c2ccccc2)cc1. The molecule has 0 atom stereocenters. The van der Waals surface area contributed by atoms with Crippen LogP contribution in [0.2, 0.25) is 0 Å². The summed E-state index contributed by atoms with van der Waals surface area (Å²) in [6.07, 6.45) is 3.86. The van der Waals surface area contributed by atoms with Crippen molar-refractivity contribution in [2.24, 2.45) is 5.18 Å². The molecule has 1 heterocycles. The highest BCUT2D eigenvalue weighted by Crippen LogP contribution is 2.23. The Morgan fingerprint density at radius 1 is 1.04 bits per heavy atom. The Bertz CT molecular complexity index is 952. The minimum Gasteiger partial charge on any atom is -0.332 e. The number of hydrogen-bond acceptors (Lipinski definition) is 2. The summed E-state index contributed by atoms with van der Waals surface area (Å²) in [5.41, 5.74) is 5.51. The van der Waals surface area contributed by atoms with Crippen molar-refractivity contribution in [2.45, 2.75) is 20.4 Å². The van der Waals surface area contributed by atoms with Gasteiger partial charge in [0.15, 0.2) is 0 Å². The molecule has 0 aliphatic carbocycles. The smallest absolute Gasteiger partial charge is 0.332 e. The molecule has 1 aromatic heterocycles. The minimum absolute atomic E-state index is 0.317. The van der Waals surface area contributed by atoms with Crippen molar-refractivity contribution in [3.8, 4) is 11.1 Å². The Hall–Kier alpha value is -3.27. The zero-order valence-corrected chi connectivity index (χ0v) is 14.8. The van der Waals surface area contributed by atoms with Gasteiger partial charge in [-0.2, -0.15) is 0 Å². The largest absolute Gasteiger partial charge is 0.333 e. The van der Waals surface area contributed by atoms with E-state index in [0.29, 0.717) is 12.2 Å². The summed E-state index contributed by atoms with van der Waals surface area (Å²) in [5, 5.41) is 2.60. The molecule has 4 nitrogen and oxygen atoms in total. The lowest BCUT2D eigenvalue weighted by Crippen LogP contribution is -2.10. The lowest BCUT2D eigenvalue weighted by molar-refractivity contribution is 0.0992. The number of allylic oxidation sites excluding steroid dienone is 1. The van der Waals surface area contributed by atoms with Gasteiger partial charge in [0.25, 0.3) is 0 Å². The van der Waals surface area contributed by atoms with Gasteiger partial charge in [-0.15, -0.1) is 4.91 Å². The van der Waals surface area contributed by atoms with E-state index in [1.807, 2.05) is 60.9 Å². The van der Waals surface area contributed by atoms with Crippen molar-refractivity contribution in [1.82, 2.24) is 4.57 Å². The molecule has 130 valence electrons. The molecule has 0 spiro atoms. The summed E-state index contributed by atoms with van der Waals surface area (Å²) >= 11 is 0. The van der Waals surface area contributed by atoms with Crippen LogP contribution in [0.15, 0.2) is 71.9 Å². The first kappa shape index (κ1) is 17.5. The third-order valence-corrected chi connectivity index (χ3v) is 4.37.